The van der Waals surface area contributed by atoms with Crippen molar-refractivity contribution < 1.29 is 14.3 Å². The second-order valence-electron chi connectivity index (χ2n) is 9.05. The molecule has 4 rings (SSSR count). The van der Waals surface area contributed by atoms with E-state index in [4.69, 9.17) is 9.47 Å². The normalized spacial score (nSPS) is 38.2. The van der Waals surface area contributed by atoms with Crippen LogP contribution in [0.5, 0.6) is 5.75 Å². The van der Waals surface area contributed by atoms with E-state index in [1.54, 1.807) is 21.1 Å². The van der Waals surface area contributed by atoms with Gasteiger partial charge in [0.25, 0.3) is 0 Å². The van der Waals surface area contributed by atoms with Gasteiger partial charge in [-0.3, -0.25) is 4.79 Å². The molecular weight excluding hydrogens is 324 g/mol. The van der Waals surface area contributed by atoms with Gasteiger partial charge in [-0.2, -0.15) is 0 Å². The van der Waals surface area contributed by atoms with E-state index < -0.39 is 0 Å². The number of ether oxygens (including phenoxy) is 2. The van der Waals surface area contributed by atoms with Crippen molar-refractivity contribution in [2.45, 2.75) is 58.3 Å². The molecule has 3 nitrogen and oxygen atoms in total. The number of aryl methyl sites for hydroxylation is 1. The Bertz CT molecular complexity index is 711. The molecule has 3 heteroatoms. The van der Waals surface area contributed by atoms with Gasteiger partial charge in [0.1, 0.15) is 11.5 Å². The number of hydrogen-bond acceptors (Lipinski definition) is 3. The molecule has 1 aromatic carbocycles. The van der Waals surface area contributed by atoms with Gasteiger partial charge in [-0.1, -0.05) is 13.0 Å². The van der Waals surface area contributed by atoms with Gasteiger partial charge in [0.05, 0.1) is 19.1 Å². The maximum Gasteiger partial charge on any atom is 0.138 e. The molecule has 3 aliphatic rings. The van der Waals surface area contributed by atoms with Crippen molar-refractivity contribution in [3.63, 3.8) is 0 Å². The number of carbonyl (C=O) groups is 1. The lowest BCUT2D eigenvalue weighted by Gasteiger charge is -2.54. The van der Waals surface area contributed by atoms with E-state index in [-0.39, 0.29) is 10.8 Å². The van der Waals surface area contributed by atoms with Crippen LogP contribution < -0.4 is 4.74 Å². The van der Waals surface area contributed by atoms with E-state index in [2.05, 4.69) is 25.1 Å². The van der Waals surface area contributed by atoms with E-state index in [0.29, 0.717) is 30.1 Å². The Balaban J connectivity index is 1.69. The van der Waals surface area contributed by atoms with Gasteiger partial charge in [-0.05, 0) is 91.9 Å². The Kier molecular flexibility index (Phi) is 4.42. The number of benzene rings is 1. The van der Waals surface area contributed by atoms with Gasteiger partial charge in [0.2, 0.25) is 0 Å². The standard InChI is InChI=1S/C23H32O3/c1-15(24)23(14-25-3)12-10-21-20-7-5-16-13-17(26-4)6-8-18(16)19(20)9-11-22(21,23)2/h6,8,13,19-21H,5,7,9-12,14H2,1-4H3/t19-,20-,21+,22+,23+/m1/s1. The third-order valence-electron chi connectivity index (χ3n) is 8.36. The predicted molar refractivity (Wildman–Crippen MR) is 103 cm³/mol. The lowest BCUT2D eigenvalue weighted by atomic mass is 9.50. The van der Waals surface area contributed by atoms with Crippen molar-refractivity contribution in [1.82, 2.24) is 0 Å². The van der Waals surface area contributed by atoms with Gasteiger partial charge in [-0.25, -0.2) is 0 Å². The van der Waals surface area contributed by atoms with Crippen molar-refractivity contribution in [1.29, 1.82) is 0 Å². The van der Waals surface area contributed by atoms with Crippen LogP contribution in [0.2, 0.25) is 0 Å². The summed E-state index contributed by atoms with van der Waals surface area (Å²) >= 11 is 0. The Hall–Kier alpha value is -1.35. The van der Waals surface area contributed by atoms with E-state index in [1.165, 1.54) is 30.4 Å². The molecule has 2 saturated carbocycles. The van der Waals surface area contributed by atoms with Crippen LogP contribution in [0.3, 0.4) is 0 Å². The molecule has 2 fully saturated rings. The predicted octanol–water partition coefficient (Wildman–Crippen LogP) is 4.77. The second-order valence-corrected chi connectivity index (χ2v) is 9.05. The molecule has 0 amide bonds. The summed E-state index contributed by atoms with van der Waals surface area (Å²) in [6, 6.07) is 6.66. The van der Waals surface area contributed by atoms with Crippen molar-refractivity contribution in [3.05, 3.63) is 29.3 Å². The Morgan fingerprint density at radius 2 is 2.00 bits per heavy atom. The summed E-state index contributed by atoms with van der Waals surface area (Å²) in [5.74, 6) is 3.29. The molecule has 1 aromatic rings. The number of hydrogen-bond donors (Lipinski definition) is 0. The lowest BCUT2D eigenvalue weighted by Crippen LogP contribution is -2.51. The highest BCUT2D eigenvalue weighted by molar-refractivity contribution is 5.84. The molecule has 142 valence electrons. The van der Waals surface area contributed by atoms with E-state index in [1.807, 2.05) is 0 Å². The van der Waals surface area contributed by atoms with Crippen LogP contribution >= 0.6 is 0 Å². The topological polar surface area (TPSA) is 35.5 Å². The summed E-state index contributed by atoms with van der Waals surface area (Å²) in [6.07, 6.45) is 6.87. The SMILES string of the molecule is COC[C@]1(C(C)=O)CC[C@H]2[C@@H]3CCc4cc(OC)ccc4[C@H]3CC[C@@]21C. The highest BCUT2D eigenvalue weighted by atomic mass is 16.5. The zero-order valence-electron chi connectivity index (χ0n) is 16.6. The second kappa shape index (κ2) is 6.37. The zero-order valence-corrected chi connectivity index (χ0v) is 16.6. The van der Waals surface area contributed by atoms with Crippen LogP contribution in [0.1, 0.15) is 63.0 Å². The van der Waals surface area contributed by atoms with Crippen molar-refractivity contribution >= 4 is 5.78 Å². The highest BCUT2D eigenvalue weighted by Gasteiger charge is 2.63. The molecule has 0 N–H and O–H groups in total. The third-order valence-corrected chi connectivity index (χ3v) is 8.36. The molecule has 0 aromatic heterocycles. The molecule has 26 heavy (non-hydrogen) atoms. The fourth-order valence-electron chi connectivity index (χ4n) is 6.98. The molecular formula is C23H32O3. The molecule has 0 saturated heterocycles. The molecule has 3 aliphatic carbocycles. The lowest BCUT2D eigenvalue weighted by molar-refractivity contribution is -0.143. The van der Waals surface area contributed by atoms with Crippen LogP contribution in [0.4, 0.5) is 0 Å². The molecule has 5 atom stereocenters. The van der Waals surface area contributed by atoms with Gasteiger partial charge < -0.3 is 9.47 Å². The first kappa shape index (κ1) is 18.0. The third kappa shape index (κ3) is 2.32. The number of fused-ring (bicyclic) bond motifs is 5. The van der Waals surface area contributed by atoms with Crippen LogP contribution in [-0.4, -0.2) is 26.6 Å². The van der Waals surface area contributed by atoms with Gasteiger partial charge in [0.15, 0.2) is 0 Å². The summed E-state index contributed by atoms with van der Waals surface area (Å²) in [4.78, 5) is 12.8. The average molecular weight is 357 g/mol. The van der Waals surface area contributed by atoms with Gasteiger partial charge in [-0.15, -0.1) is 0 Å². The minimum Gasteiger partial charge on any atom is -0.497 e. The number of ketones is 1. The van der Waals surface area contributed by atoms with Crippen LogP contribution in [0.25, 0.3) is 0 Å². The first-order chi connectivity index (χ1) is 12.5. The average Bonchev–Trinajstić information content (AvgIpc) is 2.95. The first-order valence-corrected chi connectivity index (χ1v) is 10.1. The molecule has 0 spiro atoms. The van der Waals surface area contributed by atoms with Crippen molar-refractivity contribution in [2.75, 3.05) is 20.8 Å². The Labute approximate surface area is 157 Å². The molecule has 0 aliphatic heterocycles. The zero-order chi connectivity index (χ0) is 18.5. The first-order valence-electron chi connectivity index (χ1n) is 10.1. The van der Waals surface area contributed by atoms with Crippen LogP contribution in [0.15, 0.2) is 18.2 Å². The summed E-state index contributed by atoms with van der Waals surface area (Å²) in [7, 11) is 3.49. The monoisotopic (exact) mass is 356 g/mol. The van der Waals surface area contributed by atoms with Crippen LogP contribution in [0, 0.1) is 22.7 Å². The summed E-state index contributed by atoms with van der Waals surface area (Å²) < 4.78 is 11.0. The van der Waals surface area contributed by atoms with Crippen molar-refractivity contribution in [2.24, 2.45) is 22.7 Å². The van der Waals surface area contributed by atoms with E-state index in [0.717, 1.165) is 25.0 Å². The molecule has 0 unspecified atom stereocenters. The largest absolute Gasteiger partial charge is 0.497 e. The number of carbonyl (C=O) groups excluding carboxylic acids is 1. The summed E-state index contributed by atoms with van der Waals surface area (Å²) in [5, 5.41) is 0. The fraction of sp³-hybridized carbons (Fsp3) is 0.696. The number of Topliss-reactive ketones (excluding diaryl/α,β-unsaturated/α-hetero) is 1. The van der Waals surface area contributed by atoms with Gasteiger partial charge in [0, 0.05) is 7.11 Å². The molecule has 0 heterocycles. The molecule has 0 bridgehead atoms. The Morgan fingerprint density at radius 1 is 1.19 bits per heavy atom. The molecule has 0 radical (unpaired) electrons. The number of methoxy groups -OCH3 is 2. The van der Waals surface area contributed by atoms with Gasteiger partial charge >= 0.3 is 0 Å². The number of rotatable bonds is 4. The quantitative estimate of drug-likeness (QED) is 0.779. The Morgan fingerprint density at radius 3 is 2.69 bits per heavy atom. The van der Waals surface area contributed by atoms with Crippen LogP contribution in [-0.2, 0) is 16.0 Å². The summed E-state index contributed by atoms with van der Waals surface area (Å²) in [5.41, 5.74) is 2.82. The smallest absolute Gasteiger partial charge is 0.138 e. The minimum absolute atomic E-state index is 0.0833. The van der Waals surface area contributed by atoms with E-state index in [9.17, 15) is 4.79 Å². The maximum atomic E-state index is 12.8. The highest BCUT2D eigenvalue weighted by Crippen LogP contribution is 2.67. The fourth-order valence-corrected chi connectivity index (χ4v) is 6.98. The van der Waals surface area contributed by atoms with E-state index >= 15 is 0 Å². The summed E-state index contributed by atoms with van der Waals surface area (Å²) in [6.45, 7) is 4.77. The maximum absolute atomic E-state index is 12.8. The minimum atomic E-state index is -0.280. The van der Waals surface area contributed by atoms with Crippen molar-refractivity contribution in [3.8, 4) is 5.75 Å².